The Morgan fingerprint density at radius 2 is 2.14 bits per heavy atom. The second kappa shape index (κ2) is 6.11. The highest BCUT2D eigenvalue weighted by Gasteiger charge is 2.31. The number of azide groups is 1. The van der Waals surface area contributed by atoms with Gasteiger partial charge in [0.15, 0.2) is 5.72 Å². The van der Waals surface area contributed by atoms with Crippen LogP contribution in [-0.2, 0) is 10.5 Å². The summed E-state index contributed by atoms with van der Waals surface area (Å²) in [4.78, 5) is 10.7. The third-order valence-electron chi connectivity index (χ3n) is 2.88. The van der Waals surface area contributed by atoms with Crippen LogP contribution >= 0.6 is 11.6 Å². The highest BCUT2D eigenvalue weighted by molar-refractivity contribution is 6.30. The molecule has 8 nitrogen and oxygen atoms in total. The molecule has 0 saturated heterocycles. The SMILES string of the molecule is COC[C@](O)(N=[N+]=[N-])c1cnc(OC)c2cnc(Cl)cc12. The largest absolute Gasteiger partial charge is 0.481 e. The first-order valence-electron chi connectivity index (χ1n) is 5.82. The Bertz CT molecular complexity index is 719. The number of halogens is 1. The summed E-state index contributed by atoms with van der Waals surface area (Å²) in [6.45, 7) is -0.236. The van der Waals surface area contributed by atoms with Gasteiger partial charge in [-0.2, -0.15) is 0 Å². The minimum atomic E-state index is -1.91. The van der Waals surface area contributed by atoms with E-state index in [0.717, 1.165) is 0 Å². The summed E-state index contributed by atoms with van der Waals surface area (Å²) in [7, 11) is 2.84. The van der Waals surface area contributed by atoms with Gasteiger partial charge in [0.2, 0.25) is 5.88 Å². The molecule has 2 aromatic rings. The highest BCUT2D eigenvalue weighted by Crippen LogP contribution is 2.34. The zero-order valence-electron chi connectivity index (χ0n) is 11.3. The molecule has 0 aliphatic rings. The summed E-state index contributed by atoms with van der Waals surface area (Å²) in [5.41, 5.74) is 7.02. The third kappa shape index (κ3) is 2.84. The van der Waals surface area contributed by atoms with Crippen molar-refractivity contribution in [3.05, 3.63) is 39.6 Å². The lowest BCUT2D eigenvalue weighted by atomic mass is 10.0. The standard InChI is InChI=1S/C12H12ClN5O3/c1-20-6-12(19,17-18-14)9-5-16-11(21-2)8-4-15-10(13)3-7(8)9/h3-5,19H,6H2,1-2H3/t12-/m1/s1. The van der Waals surface area contributed by atoms with Crippen molar-refractivity contribution in [3.8, 4) is 5.88 Å². The van der Waals surface area contributed by atoms with Crippen LogP contribution in [0.1, 0.15) is 5.56 Å². The van der Waals surface area contributed by atoms with E-state index < -0.39 is 5.72 Å². The van der Waals surface area contributed by atoms with Crippen LogP contribution in [0, 0.1) is 0 Å². The minimum absolute atomic E-state index is 0.220. The van der Waals surface area contributed by atoms with E-state index >= 15 is 0 Å². The van der Waals surface area contributed by atoms with Gasteiger partial charge in [0, 0.05) is 30.0 Å². The zero-order valence-corrected chi connectivity index (χ0v) is 12.1. The van der Waals surface area contributed by atoms with Gasteiger partial charge in [0.1, 0.15) is 5.15 Å². The van der Waals surface area contributed by atoms with Crippen LogP contribution in [0.2, 0.25) is 5.15 Å². The number of ether oxygens (including phenoxy) is 2. The Hall–Kier alpha value is -2.12. The Balaban J connectivity index is 2.79. The lowest BCUT2D eigenvalue weighted by Crippen LogP contribution is -2.29. The van der Waals surface area contributed by atoms with Gasteiger partial charge in [-0.05, 0) is 17.0 Å². The van der Waals surface area contributed by atoms with Crippen molar-refractivity contribution >= 4 is 22.4 Å². The zero-order chi connectivity index (χ0) is 15.5. The van der Waals surface area contributed by atoms with Crippen molar-refractivity contribution in [2.45, 2.75) is 5.72 Å². The van der Waals surface area contributed by atoms with Crippen LogP contribution in [-0.4, -0.2) is 35.9 Å². The van der Waals surface area contributed by atoms with Crippen LogP contribution in [0.5, 0.6) is 5.88 Å². The van der Waals surface area contributed by atoms with E-state index in [1.54, 1.807) is 0 Å². The first-order valence-corrected chi connectivity index (χ1v) is 6.20. The Kier molecular flexibility index (Phi) is 4.44. The molecule has 0 unspecified atom stereocenters. The van der Waals surface area contributed by atoms with Gasteiger partial charge in [-0.25, -0.2) is 9.97 Å². The number of nitrogens with zero attached hydrogens (tertiary/aromatic N) is 5. The molecule has 9 heteroatoms. The summed E-state index contributed by atoms with van der Waals surface area (Å²) in [6.07, 6.45) is 2.82. The monoisotopic (exact) mass is 309 g/mol. The minimum Gasteiger partial charge on any atom is -0.481 e. The molecule has 2 aromatic heterocycles. The lowest BCUT2D eigenvalue weighted by Gasteiger charge is -2.23. The molecule has 1 atom stereocenters. The molecule has 0 aromatic carbocycles. The normalized spacial score (nSPS) is 13.5. The predicted molar refractivity (Wildman–Crippen MR) is 76.0 cm³/mol. The van der Waals surface area contributed by atoms with E-state index in [-0.39, 0.29) is 17.3 Å². The molecule has 0 aliphatic heterocycles. The van der Waals surface area contributed by atoms with E-state index in [2.05, 4.69) is 20.0 Å². The number of hydrogen-bond acceptors (Lipinski definition) is 6. The number of methoxy groups -OCH3 is 2. The maximum absolute atomic E-state index is 10.5. The van der Waals surface area contributed by atoms with Gasteiger partial charge in [-0.1, -0.05) is 16.7 Å². The number of aromatic nitrogens is 2. The topological polar surface area (TPSA) is 113 Å². The average Bonchev–Trinajstić information content (AvgIpc) is 2.46. The van der Waals surface area contributed by atoms with Crippen molar-refractivity contribution in [2.24, 2.45) is 5.11 Å². The van der Waals surface area contributed by atoms with Gasteiger partial charge in [0.05, 0.1) is 19.1 Å². The molecule has 0 radical (unpaired) electrons. The molecule has 0 aliphatic carbocycles. The van der Waals surface area contributed by atoms with E-state index in [1.165, 1.54) is 32.7 Å². The molecule has 0 saturated carbocycles. The summed E-state index contributed by atoms with van der Waals surface area (Å²) >= 11 is 5.90. The number of rotatable bonds is 5. The van der Waals surface area contributed by atoms with Gasteiger partial charge in [0.25, 0.3) is 0 Å². The van der Waals surface area contributed by atoms with Crippen molar-refractivity contribution in [2.75, 3.05) is 20.8 Å². The molecule has 0 bridgehead atoms. The molecule has 0 spiro atoms. The summed E-state index contributed by atoms with van der Waals surface area (Å²) in [6, 6.07) is 1.53. The van der Waals surface area contributed by atoms with E-state index in [0.29, 0.717) is 16.7 Å². The Morgan fingerprint density at radius 1 is 1.38 bits per heavy atom. The smallest absolute Gasteiger partial charge is 0.222 e. The molecule has 1 N–H and O–H groups in total. The van der Waals surface area contributed by atoms with E-state index in [1.807, 2.05) is 0 Å². The van der Waals surface area contributed by atoms with E-state index in [9.17, 15) is 5.11 Å². The fourth-order valence-electron chi connectivity index (χ4n) is 2.00. The maximum Gasteiger partial charge on any atom is 0.222 e. The first-order chi connectivity index (χ1) is 10.1. The van der Waals surface area contributed by atoms with Gasteiger partial charge in [-0.3, -0.25) is 0 Å². The Morgan fingerprint density at radius 3 is 2.76 bits per heavy atom. The summed E-state index contributed by atoms with van der Waals surface area (Å²) in [5, 5.41) is 15.2. The fourth-order valence-corrected chi connectivity index (χ4v) is 2.16. The summed E-state index contributed by atoms with van der Waals surface area (Å²) in [5.74, 6) is 0.318. The van der Waals surface area contributed by atoms with Crippen LogP contribution in [0.15, 0.2) is 23.6 Å². The lowest BCUT2D eigenvalue weighted by molar-refractivity contribution is -0.0295. The molecule has 2 rings (SSSR count). The second-order valence-electron chi connectivity index (χ2n) is 4.17. The van der Waals surface area contributed by atoms with Crippen LogP contribution < -0.4 is 4.74 Å². The van der Waals surface area contributed by atoms with E-state index in [4.69, 9.17) is 26.6 Å². The van der Waals surface area contributed by atoms with Gasteiger partial charge in [-0.15, -0.1) is 0 Å². The number of hydrogen-bond donors (Lipinski definition) is 1. The molecule has 0 amide bonds. The number of pyridine rings is 2. The van der Waals surface area contributed by atoms with Crippen LogP contribution in [0.25, 0.3) is 21.2 Å². The highest BCUT2D eigenvalue weighted by atomic mass is 35.5. The number of aliphatic hydroxyl groups is 1. The van der Waals surface area contributed by atoms with Crippen molar-refractivity contribution in [1.82, 2.24) is 9.97 Å². The second-order valence-corrected chi connectivity index (χ2v) is 4.56. The Labute approximate surface area is 124 Å². The number of fused-ring (bicyclic) bond motifs is 1. The van der Waals surface area contributed by atoms with Crippen molar-refractivity contribution < 1.29 is 14.6 Å². The van der Waals surface area contributed by atoms with Crippen LogP contribution in [0.3, 0.4) is 0 Å². The molecule has 0 fully saturated rings. The fraction of sp³-hybridized carbons (Fsp3) is 0.333. The van der Waals surface area contributed by atoms with Gasteiger partial charge < -0.3 is 14.6 Å². The third-order valence-corrected chi connectivity index (χ3v) is 3.09. The van der Waals surface area contributed by atoms with Crippen LogP contribution in [0.4, 0.5) is 0 Å². The molecular weight excluding hydrogens is 298 g/mol. The molecule has 110 valence electrons. The molecule has 21 heavy (non-hydrogen) atoms. The molecular formula is C12H12ClN5O3. The average molecular weight is 310 g/mol. The first kappa shape index (κ1) is 15.3. The van der Waals surface area contributed by atoms with Crippen molar-refractivity contribution in [1.29, 1.82) is 0 Å². The molecule has 2 heterocycles. The summed E-state index contributed by atoms with van der Waals surface area (Å²) < 4.78 is 10.1. The quantitative estimate of drug-likeness (QED) is 0.394. The van der Waals surface area contributed by atoms with Gasteiger partial charge >= 0.3 is 0 Å². The predicted octanol–water partition coefficient (Wildman–Crippen LogP) is 2.39. The van der Waals surface area contributed by atoms with Crippen molar-refractivity contribution in [3.63, 3.8) is 0 Å². The maximum atomic E-state index is 10.5.